The van der Waals surface area contributed by atoms with Crippen LogP contribution >= 0.6 is 0 Å². The summed E-state index contributed by atoms with van der Waals surface area (Å²) in [4.78, 5) is 2.44. The lowest BCUT2D eigenvalue weighted by molar-refractivity contribution is 0.370. The Morgan fingerprint density at radius 1 is 1.43 bits per heavy atom. The maximum Gasteiger partial charge on any atom is 0.00644 e. The third-order valence-electron chi connectivity index (χ3n) is 3.31. The van der Waals surface area contributed by atoms with Gasteiger partial charge in [-0.25, -0.2) is 0 Å². The highest BCUT2D eigenvalue weighted by molar-refractivity contribution is 4.76. The molecule has 1 saturated heterocycles. The van der Waals surface area contributed by atoms with Gasteiger partial charge >= 0.3 is 0 Å². The second-order valence-electron chi connectivity index (χ2n) is 4.72. The number of hydrogen-bond donors (Lipinski definition) is 1. The van der Waals surface area contributed by atoms with Crippen LogP contribution in [-0.2, 0) is 0 Å². The Kier molecular flexibility index (Phi) is 5.49. The van der Waals surface area contributed by atoms with Gasteiger partial charge in [-0.2, -0.15) is 0 Å². The smallest absolute Gasteiger partial charge is 0.00644 e. The van der Waals surface area contributed by atoms with E-state index in [1.807, 2.05) is 0 Å². The number of hydrogen-bond acceptors (Lipinski definition) is 2. The SMILES string of the molecule is CCCC(CC)NCC1CCN(C)C1. The lowest BCUT2D eigenvalue weighted by Gasteiger charge is -2.19. The van der Waals surface area contributed by atoms with Gasteiger partial charge in [-0.1, -0.05) is 20.3 Å². The highest BCUT2D eigenvalue weighted by Gasteiger charge is 2.19. The van der Waals surface area contributed by atoms with Gasteiger partial charge < -0.3 is 10.2 Å². The summed E-state index contributed by atoms with van der Waals surface area (Å²) < 4.78 is 0. The summed E-state index contributed by atoms with van der Waals surface area (Å²) >= 11 is 0. The quantitative estimate of drug-likeness (QED) is 0.703. The average Bonchev–Trinajstić information content (AvgIpc) is 2.59. The molecule has 0 bridgehead atoms. The van der Waals surface area contributed by atoms with E-state index in [1.54, 1.807) is 0 Å². The zero-order valence-electron chi connectivity index (χ0n) is 10.1. The first-order chi connectivity index (χ1) is 6.76. The Balaban J connectivity index is 2.12. The predicted octanol–water partition coefficient (Wildman–Crippen LogP) is 2.11. The number of likely N-dealkylation sites (tertiary alicyclic amines) is 1. The van der Waals surface area contributed by atoms with E-state index < -0.39 is 0 Å². The summed E-state index contributed by atoms with van der Waals surface area (Å²) in [5, 5.41) is 3.71. The molecular formula is C12H26N2. The van der Waals surface area contributed by atoms with Crippen LogP contribution in [-0.4, -0.2) is 37.6 Å². The summed E-state index contributed by atoms with van der Waals surface area (Å²) in [5.41, 5.74) is 0. The van der Waals surface area contributed by atoms with E-state index in [4.69, 9.17) is 0 Å². The van der Waals surface area contributed by atoms with Gasteiger partial charge in [0.25, 0.3) is 0 Å². The van der Waals surface area contributed by atoms with Crippen molar-refractivity contribution in [3.8, 4) is 0 Å². The van der Waals surface area contributed by atoms with Crippen LogP contribution < -0.4 is 5.32 Å². The second kappa shape index (κ2) is 6.41. The average molecular weight is 198 g/mol. The molecule has 0 radical (unpaired) electrons. The van der Waals surface area contributed by atoms with Crippen LogP contribution in [0.1, 0.15) is 39.5 Å². The van der Waals surface area contributed by atoms with Gasteiger partial charge in [0.15, 0.2) is 0 Å². The summed E-state index contributed by atoms with van der Waals surface area (Å²) in [6.07, 6.45) is 5.29. The number of rotatable bonds is 6. The molecule has 1 aliphatic heterocycles. The minimum atomic E-state index is 0.755. The maximum absolute atomic E-state index is 3.71. The second-order valence-corrected chi connectivity index (χ2v) is 4.72. The third kappa shape index (κ3) is 3.97. The van der Waals surface area contributed by atoms with Crippen molar-refractivity contribution in [1.29, 1.82) is 0 Å². The van der Waals surface area contributed by atoms with Crippen molar-refractivity contribution < 1.29 is 0 Å². The largest absolute Gasteiger partial charge is 0.314 e. The molecule has 0 saturated carbocycles. The fourth-order valence-electron chi connectivity index (χ4n) is 2.33. The normalized spacial score (nSPS) is 25.5. The summed E-state index contributed by atoms with van der Waals surface area (Å²) in [6, 6.07) is 0.755. The molecule has 2 unspecified atom stereocenters. The Labute approximate surface area is 89.1 Å². The van der Waals surface area contributed by atoms with Crippen molar-refractivity contribution in [1.82, 2.24) is 10.2 Å². The van der Waals surface area contributed by atoms with Gasteiger partial charge in [-0.05, 0) is 45.3 Å². The van der Waals surface area contributed by atoms with Crippen LogP contribution in [0.5, 0.6) is 0 Å². The van der Waals surface area contributed by atoms with Crippen molar-refractivity contribution in [3.63, 3.8) is 0 Å². The molecule has 84 valence electrons. The zero-order valence-corrected chi connectivity index (χ0v) is 10.1. The fourth-order valence-corrected chi connectivity index (χ4v) is 2.33. The standard InChI is InChI=1S/C12H26N2/c1-4-6-12(5-2)13-9-11-7-8-14(3)10-11/h11-13H,4-10H2,1-3H3. The van der Waals surface area contributed by atoms with Crippen LogP contribution in [0, 0.1) is 5.92 Å². The van der Waals surface area contributed by atoms with Gasteiger partial charge in [-0.15, -0.1) is 0 Å². The van der Waals surface area contributed by atoms with E-state index in [0.717, 1.165) is 12.0 Å². The van der Waals surface area contributed by atoms with Crippen molar-refractivity contribution in [2.24, 2.45) is 5.92 Å². The monoisotopic (exact) mass is 198 g/mol. The Morgan fingerprint density at radius 3 is 2.71 bits per heavy atom. The number of nitrogens with zero attached hydrogens (tertiary/aromatic N) is 1. The van der Waals surface area contributed by atoms with Crippen molar-refractivity contribution in [3.05, 3.63) is 0 Å². The molecule has 0 aliphatic carbocycles. The van der Waals surface area contributed by atoms with Gasteiger partial charge in [-0.3, -0.25) is 0 Å². The molecule has 2 atom stereocenters. The van der Waals surface area contributed by atoms with E-state index >= 15 is 0 Å². The molecule has 0 aromatic rings. The summed E-state index contributed by atoms with van der Waals surface area (Å²) in [6.45, 7) is 8.36. The van der Waals surface area contributed by atoms with E-state index in [1.165, 1.54) is 45.3 Å². The van der Waals surface area contributed by atoms with Crippen LogP contribution in [0.15, 0.2) is 0 Å². The maximum atomic E-state index is 3.71. The van der Waals surface area contributed by atoms with Crippen LogP contribution in [0.2, 0.25) is 0 Å². The Morgan fingerprint density at radius 2 is 2.21 bits per heavy atom. The molecule has 0 aromatic carbocycles. The lowest BCUT2D eigenvalue weighted by Crippen LogP contribution is -2.33. The van der Waals surface area contributed by atoms with Crippen LogP contribution in [0.3, 0.4) is 0 Å². The van der Waals surface area contributed by atoms with E-state index in [0.29, 0.717) is 0 Å². The van der Waals surface area contributed by atoms with Gasteiger partial charge in [0.05, 0.1) is 0 Å². The first-order valence-corrected chi connectivity index (χ1v) is 6.18. The van der Waals surface area contributed by atoms with Crippen molar-refractivity contribution in [2.45, 2.75) is 45.6 Å². The zero-order chi connectivity index (χ0) is 10.4. The lowest BCUT2D eigenvalue weighted by atomic mass is 10.1. The topological polar surface area (TPSA) is 15.3 Å². The van der Waals surface area contributed by atoms with Gasteiger partial charge in [0.2, 0.25) is 0 Å². The van der Waals surface area contributed by atoms with Crippen LogP contribution in [0.4, 0.5) is 0 Å². The summed E-state index contributed by atoms with van der Waals surface area (Å²) in [7, 11) is 2.23. The molecule has 1 fully saturated rings. The van der Waals surface area contributed by atoms with E-state index in [9.17, 15) is 0 Å². The molecule has 2 heteroatoms. The summed E-state index contributed by atoms with van der Waals surface area (Å²) in [5.74, 6) is 0.894. The molecule has 1 heterocycles. The fraction of sp³-hybridized carbons (Fsp3) is 1.00. The van der Waals surface area contributed by atoms with Gasteiger partial charge in [0, 0.05) is 12.6 Å². The van der Waals surface area contributed by atoms with Gasteiger partial charge in [0.1, 0.15) is 0 Å². The molecule has 14 heavy (non-hydrogen) atoms. The molecule has 0 amide bonds. The molecule has 0 aromatic heterocycles. The van der Waals surface area contributed by atoms with Crippen molar-refractivity contribution in [2.75, 3.05) is 26.7 Å². The Hall–Kier alpha value is -0.0800. The first kappa shape index (κ1) is 12.0. The van der Waals surface area contributed by atoms with E-state index in [2.05, 4.69) is 31.1 Å². The third-order valence-corrected chi connectivity index (χ3v) is 3.31. The van der Waals surface area contributed by atoms with E-state index in [-0.39, 0.29) is 0 Å². The number of nitrogens with one attached hydrogen (secondary N) is 1. The Bertz CT molecular complexity index is 143. The molecule has 1 rings (SSSR count). The van der Waals surface area contributed by atoms with Crippen molar-refractivity contribution >= 4 is 0 Å². The first-order valence-electron chi connectivity index (χ1n) is 6.18. The molecule has 2 nitrogen and oxygen atoms in total. The molecule has 1 N–H and O–H groups in total. The molecule has 1 aliphatic rings. The highest BCUT2D eigenvalue weighted by Crippen LogP contribution is 2.13. The van der Waals surface area contributed by atoms with Crippen LogP contribution in [0.25, 0.3) is 0 Å². The molecular weight excluding hydrogens is 172 g/mol. The highest BCUT2D eigenvalue weighted by atomic mass is 15.1. The minimum absolute atomic E-state index is 0.755. The minimum Gasteiger partial charge on any atom is -0.314 e. The predicted molar refractivity (Wildman–Crippen MR) is 62.6 cm³/mol. The molecule has 0 spiro atoms.